The van der Waals surface area contributed by atoms with Crippen LogP contribution in [0.25, 0.3) is 0 Å². The van der Waals surface area contributed by atoms with Crippen molar-refractivity contribution in [1.29, 1.82) is 0 Å². The Bertz CT molecular complexity index is 323. The monoisotopic (exact) mass is 264 g/mol. The van der Waals surface area contributed by atoms with Crippen molar-refractivity contribution in [3.05, 3.63) is 18.7 Å². The van der Waals surface area contributed by atoms with Crippen molar-refractivity contribution in [2.75, 3.05) is 32.7 Å². The minimum absolute atomic E-state index is 0.855. The van der Waals surface area contributed by atoms with Crippen molar-refractivity contribution in [3.63, 3.8) is 0 Å². The second-order valence-electron chi connectivity index (χ2n) is 5.67. The van der Waals surface area contributed by atoms with Crippen molar-refractivity contribution in [2.45, 2.75) is 39.2 Å². The van der Waals surface area contributed by atoms with Crippen molar-refractivity contribution < 1.29 is 0 Å². The predicted molar refractivity (Wildman–Crippen MR) is 79.2 cm³/mol. The molecule has 0 radical (unpaired) electrons. The molecule has 1 aliphatic rings. The summed E-state index contributed by atoms with van der Waals surface area (Å²) in [7, 11) is 0. The molecule has 1 aromatic heterocycles. The van der Waals surface area contributed by atoms with Crippen LogP contribution in [0.2, 0.25) is 0 Å². The molecule has 2 rings (SSSR count). The lowest BCUT2D eigenvalue weighted by molar-refractivity contribution is 0.169. The lowest BCUT2D eigenvalue weighted by atomic mass is 9.98. The topological polar surface area (TPSA) is 33.1 Å². The minimum atomic E-state index is 0.855. The summed E-state index contributed by atoms with van der Waals surface area (Å²) in [5, 5.41) is 3.56. The highest BCUT2D eigenvalue weighted by atomic mass is 15.1. The Morgan fingerprint density at radius 3 is 3.11 bits per heavy atom. The molecule has 1 aromatic rings. The van der Waals surface area contributed by atoms with Gasteiger partial charge in [-0.15, -0.1) is 0 Å². The zero-order chi connectivity index (χ0) is 13.3. The molecular formula is C15H28N4. The van der Waals surface area contributed by atoms with E-state index in [0.717, 1.165) is 19.0 Å². The van der Waals surface area contributed by atoms with Gasteiger partial charge in [0.05, 0.1) is 6.33 Å². The van der Waals surface area contributed by atoms with Crippen LogP contribution in [0.5, 0.6) is 0 Å². The number of nitrogens with one attached hydrogen (secondary N) is 1. The van der Waals surface area contributed by atoms with Gasteiger partial charge in [0.15, 0.2) is 0 Å². The fourth-order valence-corrected chi connectivity index (χ4v) is 2.90. The Kier molecular flexibility index (Phi) is 6.37. The number of hydrogen-bond donors (Lipinski definition) is 1. The van der Waals surface area contributed by atoms with Gasteiger partial charge >= 0.3 is 0 Å². The first kappa shape index (κ1) is 14.5. The third kappa shape index (κ3) is 5.33. The van der Waals surface area contributed by atoms with Crippen molar-refractivity contribution >= 4 is 0 Å². The Morgan fingerprint density at radius 1 is 1.37 bits per heavy atom. The molecule has 1 fully saturated rings. The fraction of sp³-hybridized carbons (Fsp3) is 0.800. The summed E-state index contributed by atoms with van der Waals surface area (Å²) in [6.45, 7) is 9.48. The Balaban J connectivity index is 1.60. The van der Waals surface area contributed by atoms with Crippen LogP contribution < -0.4 is 5.32 Å². The zero-order valence-electron chi connectivity index (χ0n) is 12.2. The summed E-state index contributed by atoms with van der Waals surface area (Å²) < 4.78 is 2.17. The molecule has 4 heteroatoms. The second kappa shape index (κ2) is 8.33. The van der Waals surface area contributed by atoms with Crippen molar-refractivity contribution in [1.82, 2.24) is 19.8 Å². The standard InChI is InChI=1S/C15H28N4/c1-2-6-16-12-15-5-3-8-18(13-15)9-4-10-19-11-7-17-14-19/h7,11,14-16H,2-6,8-10,12-13H2,1H3. The van der Waals surface area contributed by atoms with E-state index in [-0.39, 0.29) is 0 Å². The van der Waals surface area contributed by atoms with Crippen LogP contribution in [0.1, 0.15) is 32.6 Å². The van der Waals surface area contributed by atoms with Crippen LogP contribution in [0.3, 0.4) is 0 Å². The first-order valence-corrected chi connectivity index (χ1v) is 7.77. The van der Waals surface area contributed by atoms with Gasteiger partial charge in [-0.3, -0.25) is 0 Å². The van der Waals surface area contributed by atoms with E-state index >= 15 is 0 Å². The maximum absolute atomic E-state index is 4.08. The molecule has 1 aliphatic heterocycles. The summed E-state index contributed by atoms with van der Waals surface area (Å²) in [4.78, 5) is 6.72. The minimum Gasteiger partial charge on any atom is -0.337 e. The normalized spacial score (nSPS) is 20.8. The molecular weight excluding hydrogens is 236 g/mol. The van der Waals surface area contributed by atoms with E-state index in [2.05, 4.69) is 26.7 Å². The van der Waals surface area contributed by atoms with E-state index in [4.69, 9.17) is 0 Å². The van der Waals surface area contributed by atoms with Crippen LogP contribution in [-0.2, 0) is 6.54 Å². The quantitative estimate of drug-likeness (QED) is 0.729. The highest BCUT2D eigenvalue weighted by molar-refractivity contribution is 4.76. The smallest absolute Gasteiger partial charge is 0.0945 e. The largest absolute Gasteiger partial charge is 0.337 e. The summed E-state index contributed by atoms with van der Waals surface area (Å²) >= 11 is 0. The third-order valence-corrected chi connectivity index (χ3v) is 3.91. The van der Waals surface area contributed by atoms with E-state index in [1.807, 2.05) is 18.7 Å². The number of hydrogen-bond acceptors (Lipinski definition) is 3. The molecule has 108 valence electrons. The van der Waals surface area contributed by atoms with Gasteiger partial charge in [-0.25, -0.2) is 4.98 Å². The van der Waals surface area contributed by atoms with Crippen LogP contribution in [0.4, 0.5) is 0 Å². The highest BCUT2D eigenvalue weighted by Gasteiger charge is 2.18. The fourth-order valence-electron chi connectivity index (χ4n) is 2.90. The lowest BCUT2D eigenvalue weighted by Gasteiger charge is -2.32. The molecule has 0 amide bonds. The molecule has 19 heavy (non-hydrogen) atoms. The van der Waals surface area contributed by atoms with E-state index in [9.17, 15) is 0 Å². The van der Waals surface area contributed by atoms with Crippen LogP contribution >= 0.6 is 0 Å². The van der Waals surface area contributed by atoms with E-state index in [1.165, 1.54) is 51.9 Å². The van der Waals surface area contributed by atoms with Gasteiger partial charge < -0.3 is 14.8 Å². The van der Waals surface area contributed by atoms with Crippen molar-refractivity contribution in [2.24, 2.45) is 5.92 Å². The van der Waals surface area contributed by atoms with Crippen LogP contribution in [0.15, 0.2) is 18.7 Å². The molecule has 0 saturated carbocycles. The average Bonchev–Trinajstić information content (AvgIpc) is 2.93. The number of likely N-dealkylation sites (tertiary alicyclic amines) is 1. The SMILES string of the molecule is CCCNCC1CCCN(CCCn2ccnc2)C1. The molecule has 0 aliphatic carbocycles. The number of piperidine rings is 1. The second-order valence-corrected chi connectivity index (χ2v) is 5.67. The van der Waals surface area contributed by atoms with Gasteiger partial charge in [0.1, 0.15) is 0 Å². The molecule has 0 spiro atoms. The van der Waals surface area contributed by atoms with E-state index < -0.39 is 0 Å². The van der Waals surface area contributed by atoms with Gasteiger partial charge in [-0.2, -0.15) is 0 Å². The van der Waals surface area contributed by atoms with E-state index in [1.54, 1.807) is 0 Å². The molecule has 0 aromatic carbocycles. The molecule has 1 unspecified atom stereocenters. The Labute approximate surface area is 117 Å². The molecule has 0 bridgehead atoms. The predicted octanol–water partition coefficient (Wildman–Crippen LogP) is 1.98. The first-order chi connectivity index (χ1) is 9.38. The number of rotatable bonds is 8. The summed E-state index contributed by atoms with van der Waals surface area (Å²) in [6.07, 6.45) is 11.0. The average molecular weight is 264 g/mol. The Hall–Kier alpha value is -0.870. The lowest BCUT2D eigenvalue weighted by Crippen LogP contribution is -2.40. The number of imidazole rings is 1. The van der Waals surface area contributed by atoms with Gasteiger partial charge in [-0.1, -0.05) is 6.92 Å². The van der Waals surface area contributed by atoms with Crippen LogP contribution in [0, 0.1) is 5.92 Å². The number of aryl methyl sites for hydroxylation is 1. The Morgan fingerprint density at radius 2 is 2.32 bits per heavy atom. The summed E-state index contributed by atoms with van der Waals surface area (Å²) in [6, 6.07) is 0. The molecule has 1 saturated heterocycles. The first-order valence-electron chi connectivity index (χ1n) is 7.77. The zero-order valence-corrected chi connectivity index (χ0v) is 12.2. The molecule has 2 heterocycles. The van der Waals surface area contributed by atoms with Gasteiger partial charge in [0, 0.05) is 25.5 Å². The third-order valence-electron chi connectivity index (χ3n) is 3.91. The van der Waals surface area contributed by atoms with Gasteiger partial charge in [0.2, 0.25) is 0 Å². The summed E-state index contributed by atoms with van der Waals surface area (Å²) in [5.41, 5.74) is 0. The van der Waals surface area contributed by atoms with Crippen LogP contribution in [-0.4, -0.2) is 47.2 Å². The van der Waals surface area contributed by atoms with Crippen molar-refractivity contribution in [3.8, 4) is 0 Å². The van der Waals surface area contributed by atoms with E-state index in [0.29, 0.717) is 0 Å². The van der Waals surface area contributed by atoms with Gasteiger partial charge in [-0.05, 0) is 57.8 Å². The number of aromatic nitrogens is 2. The highest BCUT2D eigenvalue weighted by Crippen LogP contribution is 2.16. The maximum Gasteiger partial charge on any atom is 0.0945 e. The summed E-state index contributed by atoms with van der Waals surface area (Å²) in [5.74, 6) is 0.855. The molecule has 1 N–H and O–H groups in total. The van der Waals surface area contributed by atoms with Gasteiger partial charge in [0.25, 0.3) is 0 Å². The molecule has 4 nitrogen and oxygen atoms in total. The maximum atomic E-state index is 4.08. The molecule has 1 atom stereocenters. The number of nitrogens with zero attached hydrogens (tertiary/aromatic N) is 3.